The summed E-state index contributed by atoms with van der Waals surface area (Å²) >= 11 is 0. The van der Waals surface area contributed by atoms with E-state index in [1.807, 2.05) is 0 Å². The third kappa shape index (κ3) is 2.68. The predicted octanol–water partition coefficient (Wildman–Crippen LogP) is 1.46. The second kappa shape index (κ2) is 3.58. The van der Waals surface area contributed by atoms with Crippen molar-refractivity contribution in [2.24, 2.45) is 5.41 Å². The predicted molar refractivity (Wildman–Crippen MR) is 54.0 cm³/mol. The summed E-state index contributed by atoms with van der Waals surface area (Å²) in [6, 6.07) is 0. The van der Waals surface area contributed by atoms with Gasteiger partial charge in [0.05, 0.1) is 5.75 Å². The van der Waals surface area contributed by atoms with Gasteiger partial charge >= 0.3 is 0 Å². The van der Waals surface area contributed by atoms with E-state index >= 15 is 0 Å². The minimum Gasteiger partial charge on any atom is -0.212 e. The largest absolute Gasteiger partial charge is 0.213 e. The average Bonchev–Trinajstić information content (AvgIpc) is 2.04. The summed E-state index contributed by atoms with van der Waals surface area (Å²) in [5, 5.41) is 0. The Morgan fingerprint density at radius 2 is 1.69 bits per heavy atom. The van der Waals surface area contributed by atoms with Gasteiger partial charge < -0.3 is 0 Å². The highest BCUT2D eigenvalue weighted by Gasteiger charge is 2.30. The van der Waals surface area contributed by atoms with Crippen LogP contribution in [0.15, 0.2) is 0 Å². The highest BCUT2D eigenvalue weighted by Crippen LogP contribution is 2.30. The zero-order valence-corrected chi connectivity index (χ0v) is 9.52. The fourth-order valence-corrected chi connectivity index (χ4v) is 2.66. The maximum absolute atomic E-state index is 11.5. The molecule has 4 heteroatoms. The summed E-state index contributed by atoms with van der Waals surface area (Å²) in [6.45, 7) is 7.49. The summed E-state index contributed by atoms with van der Waals surface area (Å²) in [5.41, 5.74) is 0.319. The minimum atomic E-state index is -2.94. The number of sulfonamides is 1. The third-order valence-electron chi connectivity index (χ3n) is 2.83. The van der Waals surface area contributed by atoms with E-state index in [-0.39, 0.29) is 5.75 Å². The highest BCUT2D eigenvalue weighted by molar-refractivity contribution is 7.89. The molecule has 13 heavy (non-hydrogen) atoms. The molecule has 0 aromatic carbocycles. The van der Waals surface area contributed by atoms with Crippen LogP contribution in [-0.2, 0) is 10.0 Å². The summed E-state index contributed by atoms with van der Waals surface area (Å²) in [7, 11) is -2.94. The maximum Gasteiger partial charge on any atom is 0.213 e. The fraction of sp³-hybridized carbons (Fsp3) is 1.00. The van der Waals surface area contributed by atoms with Gasteiger partial charge in [0.2, 0.25) is 10.0 Å². The lowest BCUT2D eigenvalue weighted by molar-refractivity contribution is 0.196. The van der Waals surface area contributed by atoms with Crippen LogP contribution in [-0.4, -0.2) is 31.6 Å². The Kier molecular flexibility index (Phi) is 3.02. The van der Waals surface area contributed by atoms with E-state index in [0.29, 0.717) is 18.5 Å². The summed E-state index contributed by atoms with van der Waals surface area (Å²) in [4.78, 5) is 0. The van der Waals surface area contributed by atoms with Crippen LogP contribution in [0.2, 0.25) is 0 Å². The van der Waals surface area contributed by atoms with E-state index in [4.69, 9.17) is 0 Å². The topological polar surface area (TPSA) is 37.4 Å². The molecule has 1 rings (SSSR count). The molecule has 1 fully saturated rings. The number of hydrogen-bond donors (Lipinski definition) is 0. The van der Waals surface area contributed by atoms with Crippen molar-refractivity contribution in [1.29, 1.82) is 0 Å². The Morgan fingerprint density at radius 3 is 2.08 bits per heavy atom. The molecule has 78 valence electrons. The first-order chi connectivity index (χ1) is 5.87. The van der Waals surface area contributed by atoms with Gasteiger partial charge in [-0.3, -0.25) is 0 Å². The molecule has 0 aromatic heterocycles. The van der Waals surface area contributed by atoms with Gasteiger partial charge in [0.1, 0.15) is 0 Å². The van der Waals surface area contributed by atoms with E-state index < -0.39 is 10.0 Å². The summed E-state index contributed by atoms with van der Waals surface area (Å²) in [5.74, 6) is 0.230. The zero-order valence-electron chi connectivity index (χ0n) is 8.71. The molecule has 0 unspecified atom stereocenters. The smallest absolute Gasteiger partial charge is 0.212 e. The molecule has 3 nitrogen and oxygen atoms in total. The lowest BCUT2D eigenvalue weighted by Gasteiger charge is -2.35. The van der Waals surface area contributed by atoms with Crippen molar-refractivity contribution in [1.82, 2.24) is 4.31 Å². The molecule has 1 heterocycles. The van der Waals surface area contributed by atoms with Crippen LogP contribution in [0.5, 0.6) is 0 Å². The van der Waals surface area contributed by atoms with Gasteiger partial charge in [-0.1, -0.05) is 13.8 Å². The van der Waals surface area contributed by atoms with Gasteiger partial charge in [0, 0.05) is 13.1 Å². The number of piperidine rings is 1. The van der Waals surface area contributed by atoms with Crippen molar-refractivity contribution in [2.75, 3.05) is 18.8 Å². The molecule has 0 spiro atoms. The lowest BCUT2D eigenvalue weighted by Crippen LogP contribution is -2.41. The highest BCUT2D eigenvalue weighted by atomic mass is 32.2. The van der Waals surface area contributed by atoms with Crippen molar-refractivity contribution in [3.8, 4) is 0 Å². The SMILES string of the molecule is CCS(=O)(=O)N1CCC(C)(C)CC1. The molecule has 1 aliphatic heterocycles. The van der Waals surface area contributed by atoms with Gasteiger partial charge in [0.15, 0.2) is 0 Å². The molecular weight excluding hydrogens is 186 g/mol. The first-order valence-corrected chi connectivity index (χ1v) is 6.46. The molecule has 0 bridgehead atoms. The van der Waals surface area contributed by atoms with E-state index in [0.717, 1.165) is 12.8 Å². The monoisotopic (exact) mass is 205 g/mol. The van der Waals surface area contributed by atoms with E-state index in [9.17, 15) is 8.42 Å². The van der Waals surface area contributed by atoms with E-state index in [1.54, 1.807) is 11.2 Å². The second-order valence-electron chi connectivity index (χ2n) is 4.46. The van der Waals surface area contributed by atoms with Crippen molar-refractivity contribution < 1.29 is 8.42 Å². The molecule has 0 saturated carbocycles. The van der Waals surface area contributed by atoms with Gasteiger partial charge in [-0.05, 0) is 25.2 Å². The van der Waals surface area contributed by atoms with Gasteiger partial charge in [-0.15, -0.1) is 0 Å². The molecular formula is C9H19NO2S. The van der Waals surface area contributed by atoms with Gasteiger partial charge in [0.25, 0.3) is 0 Å². The van der Waals surface area contributed by atoms with Crippen molar-refractivity contribution in [3.05, 3.63) is 0 Å². The van der Waals surface area contributed by atoms with Crippen LogP contribution in [0.4, 0.5) is 0 Å². The second-order valence-corrected chi connectivity index (χ2v) is 6.72. The molecule has 0 radical (unpaired) electrons. The first kappa shape index (κ1) is 11.0. The van der Waals surface area contributed by atoms with E-state index in [2.05, 4.69) is 13.8 Å². The zero-order chi connectivity index (χ0) is 10.1. The van der Waals surface area contributed by atoms with Crippen molar-refractivity contribution in [2.45, 2.75) is 33.6 Å². The number of rotatable bonds is 2. The standard InChI is InChI=1S/C9H19NO2S/c1-4-13(11,12)10-7-5-9(2,3)6-8-10/h4-8H2,1-3H3. The average molecular weight is 205 g/mol. The Labute approximate surface area is 81.2 Å². The Morgan fingerprint density at radius 1 is 1.23 bits per heavy atom. The fourth-order valence-electron chi connectivity index (χ4n) is 1.55. The van der Waals surface area contributed by atoms with Crippen LogP contribution < -0.4 is 0 Å². The number of nitrogens with zero attached hydrogens (tertiary/aromatic N) is 1. The van der Waals surface area contributed by atoms with Crippen LogP contribution in [0.25, 0.3) is 0 Å². The van der Waals surface area contributed by atoms with Gasteiger partial charge in [-0.25, -0.2) is 12.7 Å². The Balaban J connectivity index is 2.61. The van der Waals surface area contributed by atoms with Crippen LogP contribution in [0, 0.1) is 5.41 Å². The van der Waals surface area contributed by atoms with Crippen LogP contribution in [0.3, 0.4) is 0 Å². The molecule has 0 amide bonds. The van der Waals surface area contributed by atoms with Crippen molar-refractivity contribution in [3.63, 3.8) is 0 Å². The normalized spacial score (nSPS) is 24.5. The molecule has 0 aliphatic carbocycles. The Bertz CT molecular complexity index is 259. The molecule has 0 N–H and O–H groups in total. The van der Waals surface area contributed by atoms with E-state index in [1.165, 1.54) is 0 Å². The minimum absolute atomic E-state index is 0.230. The summed E-state index contributed by atoms with van der Waals surface area (Å²) in [6.07, 6.45) is 1.96. The molecule has 0 aromatic rings. The molecule has 1 aliphatic rings. The van der Waals surface area contributed by atoms with Crippen molar-refractivity contribution >= 4 is 10.0 Å². The molecule has 1 saturated heterocycles. The maximum atomic E-state index is 11.5. The number of hydrogen-bond acceptors (Lipinski definition) is 2. The van der Waals surface area contributed by atoms with Crippen LogP contribution in [0.1, 0.15) is 33.6 Å². The lowest BCUT2D eigenvalue weighted by atomic mass is 9.83. The quantitative estimate of drug-likeness (QED) is 0.684. The van der Waals surface area contributed by atoms with Crippen LogP contribution >= 0.6 is 0 Å². The third-order valence-corrected chi connectivity index (χ3v) is 4.72. The van der Waals surface area contributed by atoms with Gasteiger partial charge in [-0.2, -0.15) is 0 Å². The Hall–Kier alpha value is -0.0900. The molecule has 0 atom stereocenters. The first-order valence-electron chi connectivity index (χ1n) is 4.85. The summed E-state index contributed by atoms with van der Waals surface area (Å²) < 4.78 is 24.6.